The molecule has 0 unspecified atom stereocenters. The second-order valence-corrected chi connectivity index (χ2v) is 6.09. The lowest BCUT2D eigenvalue weighted by molar-refractivity contribution is 0.627. The molecular formula is C18H21ClFN3S. The first-order valence-corrected chi connectivity index (χ1v) is 8.66. The molecule has 0 atom stereocenters. The fourth-order valence-corrected chi connectivity index (χ4v) is 2.74. The van der Waals surface area contributed by atoms with Crippen LogP contribution in [0.15, 0.2) is 42.5 Å². The Kier molecular flexibility index (Phi) is 6.82. The first kappa shape index (κ1) is 18.5. The molecule has 0 aliphatic rings. The highest BCUT2D eigenvalue weighted by molar-refractivity contribution is 7.80. The molecular weight excluding hydrogens is 345 g/mol. The van der Waals surface area contributed by atoms with Crippen molar-refractivity contribution in [3.8, 4) is 0 Å². The quantitative estimate of drug-likeness (QED) is 0.718. The summed E-state index contributed by atoms with van der Waals surface area (Å²) in [6.45, 7) is 6.70. The molecule has 6 heteroatoms. The van der Waals surface area contributed by atoms with Gasteiger partial charge in [0.1, 0.15) is 5.82 Å². The van der Waals surface area contributed by atoms with Gasteiger partial charge in [-0.05, 0) is 68.0 Å². The molecule has 0 saturated carbocycles. The number of benzene rings is 2. The van der Waals surface area contributed by atoms with Crippen LogP contribution in [0, 0.1) is 5.82 Å². The van der Waals surface area contributed by atoms with E-state index >= 15 is 0 Å². The number of hydrogen-bond donors (Lipinski definition) is 2. The van der Waals surface area contributed by atoms with Crippen molar-refractivity contribution in [1.29, 1.82) is 0 Å². The molecule has 0 aliphatic heterocycles. The van der Waals surface area contributed by atoms with Crippen molar-refractivity contribution in [3.63, 3.8) is 0 Å². The Hall–Kier alpha value is -1.85. The molecule has 2 N–H and O–H groups in total. The highest BCUT2D eigenvalue weighted by atomic mass is 35.5. The molecule has 0 bridgehead atoms. The molecule has 0 radical (unpaired) electrons. The van der Waals surface area contributed by atoms with Crippen LogP contribution >= 0.6 is 23.8 Å². The van der Waals surface area contributed by atoms with E-state index in [2.05, 4.69) is 41.5 Å². The maximum atomic E-state index is 13.1. The van der Waals surface area contributed by atoms with Crippen LogP contribution in [0.1, 0.15) is 19.4 Å². The van der Waals surface area contributed by atoms with Gasteiger partial charge in [0.25, 0.3) is 0 Å². The van der Waals surface area contributed by atoms with Gasteiger partial charge in [0.05, 0.1) is 5.02 Å². The van der Waals surface area contributed by atoms with Gasteiger partial charge in [-0.3, -0.25) is 0 Å². The Morgan fingerprint density at radius 2 is 1.79 bits per heavy atom. The molecule has 0 fully saturated rings. The number of nitrogens with one attached hydrogen (secondary N) is 2. The van der Waals surface area contributed by atoms with Crippen molar-refractivity contribution in [1.82, 2.24) is 5.32 Å². The summed E-state index contributed by atoms with van der Waals surface area (Å²) in [7, 11) is 0. The van der Waals surface area contributed by atoms with Gasteiger partial charge >= 0.3 is 0 Å². The monoisotopic (exact) mass is 365 g/mol. The van der Waals surface area contributed by atoms with E-state index in [1.54, 1.807) is 12.1 Å². The average Bonchev–Trinajstić information content (AvgIpc) is 2.58. The van der Waals surface area contributed by atoms with Crippen LogP contribution in [0.5, 0.6) is 0 Å². The van der Waals surface area contributed by atoms with Gasteiger partial charge in [-0.25, -0.2) is 4.39 Å². The molecule has 2 aromatic carbocycles. The topological polar surface area (TPSA) is 27.3 Å². The maximum Gasteiger partial charge on any atom is 0.171 e. The summed E-state index contributed by atoms with van der Waals surface area (Å²) < 4.78 is 13.1. The van der Waals surface area contributed by atoms with E-state index in [0.29, 0.717) is 11.7 Å². The van der Waals surface area contributed by atoms with E-state index < -0.39 is 5.82 Å². The highest BCUT2D eigenvalue weighted by Crippen LogP contribution is 2.18. The smallest absolute Gasteiger partial charge is 0.171 e. The molecule has 2 rings (SSSR count). The van der Waals surface area contributed by atoms with Gasteiger partial charge in [-0.2, -0.15) is 0 Å². The van der Waals surface area contributed by atoms with Gasteiger partial charge in [-0.15, -0.1) is 0 Å². The van der Waals surface area contributed by atoms with E-state index in [9.17, 15) is 4.39 Å². The van der Waals surface area contributed by atoms with Crippen molar-refractivity contribution < 1.29 is 4.39 Å². The second kappa shape index (κ2) is 8.85. The summed E-state index contributed by atoms with van der Waals surface area (Å²) in [5.74, 6) is -0.422. The molecule has 3 nitrogen and oxygen atoms in total. The number of anilines is 2. The number of hydrogen-bond acceptors (Lipinski definition) is 2. The largest absolute Gasteiger partial charge is 0.372 e. The van der Waals surface area contributed by atoms with E-state index in [1.807, 2.05) is 12.1 Å². The summed E-state index contributed by atoms with van der Waals surface area (Å²) in [5.41, 5.74) is 2.97. The summed E-state index contributed by atoms with van der Waals surface area (Å²) in [6, 6.07) is 12.7. The lowest BCUT2D eigenvalue weighted by atomic mass is 10.2. The number of halogens is 2. The number of rotatable bonds is 6. The van der Waals surface area contributed by atoms with Crippen LogP contribution in [0.25, 0.3) is 0 Å². The molecule has 0 spiro atoms. The van der Waals surface area contributed by atoms with Crippen LogP contribution in [0.2, 0.25) is 5.02 Å². The van der Waals surface area contributed by atoms with Crippen molar-refractivity contribution >= 4 is 40.3 Å². The van der Waals surface area contributed by atoms with Gasteiger partial charge < -0.3 is 15.5 Å². The summed E-state index contributed by atoms with van der Waals surface area (Å²) in [4.78, 5) is 2.28. The maximum absolute atomic E-state index is 13.1. The molecule has 0 aromatic heterocycles. The third-order valence-electron chi connectivity index (χ3n) is 3.69. The highest BCUT2D eigenvalue weighted by Gasteiger charge is 2.04. The summed E-state index contributed by atoms with van der Waals surface area (Å²) in [5, 5.41) is 6.83. The summed E-state index contributed by atoms with van der Waals surface area (Å²) in [6.07, 6.45) is 0. The van der Waals surface area contributed by atoms with E-state index in [1.165, 1.54) is 11.8 Å². The van der Waals surface area contributed by atoms with E-state index in [4.69, 9.17) is 23.8 Å². The minimum absolute atomic E-state index is 0.111. The predicted molar refractivity (Wildman–Crippen MR) is 104 cm³/mol. The Bertz CT molecular complexity index is 687. The SMILES string of the molecule is CCN(CC)c1ccc(NC(=S)NCc2ccc(F)c(Cl)c2)cc1. The van der Waals surface area contributed by atoms with Crippen LogP contribution in [-0.4, -0.2) is 18.2 Å². The molecule has 2 aromatic rings. The first-order valence-electron chi connectivity index (χ1n) is 7.87. The minimum atomic E-state index is -0.422. The normalized spacial score (nSPS) is 10.3. The van der Waals surface area contributed by atoms with Gasteiger partial charge in [0.2, 0.25) is 0 Å². The molecule has 0 heterocycles. The molecule has 128 valence electrons. The third-order valence-corrected chi connectivity index (χ3v) is 4.23. The zero-order valence-electron chi connectivity index (χ0n) is 13.8. The lowest BCUT2D eigenvalue weighted by Gasteiger charge is -2.21. The summed E-state index contributed by atoms with van der Waals surface area (Å²) >= 11 is 11.1. The van der Waals surface area contributed by atoms with Crippen molar-refractivity contribution in [3.05, 3.63) is 58.9 Å². The Morgan fingerprint density at radius 1 is 1.12 bits per heavy atom. The molecule has 24 heavy (non-hydrogen) atoms. The minimum Gasteiger partial charge on any atom is -0.372 e. The first-order chi connectivity index (χ1) is 11.5. The fourth-order valence-electron chi connectivity index (χ4n) is 2.35. The molecule has 0 aliphatic carbocycles. The molecule has 0 amide bonds. The zero-order valence-corrected chi connectivity index (χ0v) is 15.3. The predicted octanol–water partition coefficient (Wildman–Crippen LogP) is 4.81. The second-order valence-electron chi connectivity index (χ2n) is 5.28. The van der Waals surface area contributed by atoms with Crippen molar-refractivity contribution in [2.24, 2.45) is 0 Å². The van der Waals surface area contributed by atoms with Crippen molar-refractivity contribution in [2.45, 2.75) is 20.4 Å². The third kappa shape index (κ3) is 5.08. The van der Waals surface area contributed by atoms with Crippen molar-refractivity contribution in [2.75, 3.05) is 23.3 Å². The van der Waals surface area contributed by atoms with Crippen LogP contribution < -0.4 is 15.5 Å². The lowest BCUT2D eigenvalue weighted by Crippen LogP contribution is -2.28. The average molecular weight is 366 g/mol. The van der Waals surface area contributed by atoms with Crippen LogP contribution in [0.4, 0.5) is 15.8 Å². The molecule has 0 saturated heterocycles. The van der Waals surface area contributed by atoms with Crippen LogP contribution in [0.3, 0.4) is 0 Å². The standard InChI is InChI=1S/C18H21ClFN3S/c1-3-23(4-2)15-8-6-14(7-9-15)22-18(24)21-12-13-5-10-17(20)16(19)11-13/h5-11H,3-4,12H2,1-2H3,(H2,21,22,24). The van der Waals surface area contributed by atoms with E-state index in [0.717, 1.165) is 24.3 Å². The van der Waals surface area contributed by atoms with Gasteiger partial charge in [0, 0.05) is 31.0 Å². The Labute approximate surface area is 152 Å². The number of thiocarbonyl (C=S) groups is 1. The Balaban J connectivity index is 1.88. The van der Waals surface area contributed by atoms with Gasteiger partial charge in [-0.1, -0.05) is 17.7 Å². The zero-order chi connectivity index (χ0) is 17.5. The number of nitrogens with zero attached hydrogens (tertiary/aromatic N) is 1. The van der Waals surface area contributed by atoms with Gasteiger partial charge in [0.15, 0.2) is 5.11 Å². The van der Waals surface area contributed by atoms with E-state index in [-0.39, 0.29) is 5.02 Å². The fraction of sp³-hybridized carbons (Fsp3) is 0.278. The Morgan fingerprint density at radius 3 is 2.38 bits per heavy atom. The van der Waals surface area contributed by atoms with Crippen LogP contribution in [-0.2, 0) is 6.54 Å².